The summed E-state index contributed by atoms with van der Waals surface area (Å²) in [6.45, 7) is 0. The molecule has 0 aliphatic carbocycles. The average Bonchev–Trinajstić information content (AvgIpc) is 2.38. The summed E-state index contributed by atoms with van der Waals surface area (Å²) in [6, 6.07) is 5.81. The molecule has 0 unspecified atom stereocenters. The smallest absolute Gasteiger partial charge is 0.337 e. The van der Waals surface area contributed by atoms with Crippen molar-refractivity contribution in [2.24, 2.45) is 0 Å². The minimum absolute atomic E-state index is 0.0196. The molecule has 2 N–H and O–H groups in total. The van der Waals surface area contributed by atoms with Gasteiger partial charge in [-0.15, -0.1) is 0 Å². The second-order valence-electron chi connectivity index (χ2n) is 3.85. The number of pyridine rings is 1. The number of aromatic carboxylic acids is 1. The van der Waals surface area contributed by atoms with Crippen molar-refractivity contribution in [2.75, 3.05) is 5.32 Å². The lowest BCUT2D eigenvalue weighted by atomic mass is 10.2. The number of carboxylic acid groups (broad SMARTS) is 1. The second kappa shape index (κ2) is 6.02. The Morgan fingerprint density at radius 2 is 2.00 bits per heavy atom. The van der Waals surface area contributed by atoms with Crippen molar-refractivity contribution in [1.82, 2.24) is 4.98 Å². The molecule has 2 rings (SSSR count). The van der Waals surface area contributed by atoms with Crippen LogP contribution in [-0.2, 0) is 0 Å². The minimum Gasteiger partial charge on any atom is -0.478 e. The summed E-state index contributed by atoms with van der Waals surface area (Å²) in [5.74, 6) is -1.48. The van der Waals surface area contributed by atoms with E-state index < -0.39 is 5.97 Å². The molecule has 1 heterocycles. The molecule has 0 aliphatic rings. The molecule has 0 saturated heterocycles. The van der Waals surface area contributed by atoms with E-state index in [0.29, 0.717) is 15.7 Å². The van der Waals surface area contributed by atoms with Crippen LogP contribution >= 0.6 is 27.5 Å². The van der Waals surface area contributed by atoms with E-state index in [1.54, 1.807) is 12.3 Å². The fourth-order valence-electron chi connectivity index (χ4n) is 1.51. The van der Waals surface area contributed by atoms with Crippen molar-refractivity contribution >= 4 is 45.1 Å². The number of nitrogens with zero attached hydrogens (tertiary/aromatic N) is 1. The number of carbonyl (C=O) groups is 2. The minimum atomic E-state index is -1.12. The van der Waals surface area contributed by atoms with Crippen LogP contribution in [0.3, 0.4) is 0 Å². The van der Waals surface area contributed by atoms with Crippen LogP contribution in [0, 0.1) is 0 Å². The highest BCUT2D eigenvalue weighted by Crippen LogP contribution is 2.21. The van der Waals surface area contributed by atoms with Crippen molar-refractivity contribution in [1.29, 1.82) is 0 Å². The lowest BCUT2D eigenvalue weighted by Crippen LogP contribution is -2.12. The van der Waals surface area contributed by atoms with Gasteiger partial charge in [0, 0.05) is 22.6 Å². The van der Waals surface area contributed by atoms with E-state index in [9.17, 15) is 9.59 Å². The molecule has 0 aliphatic heterocycles. The van der Waals surface area contributed by atoms with Crippen LogP contribution in [0.15, 0.2) is 41.1 Å². The number of nitrogens with one attached hydrogen (secondary N) is 1. The van der Waals surface area contributed by atoms with Crippen molar-refractivity contribution in [3.05, 3.63) is 57.3 Å². The Labute approximate surface area is 127 Å². The number of carbonyl (C=O) groups excluding carboxylic acids is 1. The summed E-state index contributed by atoms with van der Waals surface area (Å²) >= 11 is 9.05. The van der Waals surface area contributed by atoms with E-state index in [4.69, 9.17) is 16.7 Å². The van der Waals surface area contributed by atoms with Crippen molar-refractivity contribution in [2.45, 2.75) is 0 Å². The summed E-state index contributed by atoms with van der Waals surface area (Å²) in [5.41, 5.74) is 0.761. The Morgan fingerprint density at radius 1 is 1.25 bits per heavy atom. The van der Waals surface area contributed by atoms with Crippen molar-refractivity contribution in [3.8, 4) is 0 Å². The molecule has 1 amide bonds. The Kier molecular flexibility index (Phi) is 4.36. The highest BCUT2D eigenvalue weighted by atomic mass is 79.9. The topological polar surface area (TPSA) is 79.3 Å². The lowest BCUT2D eigenvalue weighted by molar-refractivity contribution is 0.0697. The summed E-state index contributed by atoms with van der Waals surface area (Å²) in [6.07, 6.45) is 2.99. The van der Waals surface area contributed by atoms with Crippen LogP contribution in [0.1, 0.15) is 20.7 Å². The Hall–Kier alpha value is -1.92. The Morgan fingerprint density at radius 3 is 2.60 bits per heavy atom. The highest BCUT2D eigenvalue weighted by Gasteiger charge is 2.11. The molecule has 2 aromatic rings. The number of amides is 1. The third-order valence-corrected chi connectivity index (χ3v) is 3.17. The normalized spacial score (nSPS) is 10.1. The molecule has 1 aromatic carbocycles. The molecule has 0 fully saturated rings. The zero-order chi connectivity index (χ0) is 14.7. The molecular formula is C13H8BrClN2O3. The predicted molar refractivity (Wildman–Crippen MR) is 78.3 cm³/mol. The quantitative estimate of drug-likeness (QED) is 0.884. The average molecular weight is 356 g/mol. The van der Waals surface area contributed by atoms with Crippen LogP contribution in [0.4, 0.5) is 5.69 Å². The number of hydrogen-bond donors (Lipinski definition) is 2. The fraction of sp³-hybridized carbons (Fsp3) is 0. The van der Waals surface area contributed by atoms with E-state index in [0.717, 1.165) is 0 Å². The van der Waals surface area contributed by atoms with E-state index in [1.165, 1.54) is 24.4 Å². The Bertz CT molecular complexity index is 691. The molecule has 0 spiro atoms. The van der Waals surface area contributed by atoms with Crippen LogP contribution in [0.2, 0.25) is 5.02 Å². The summed E-state index contributed by atoms with van der Waals surface area (Å²) in [4.78, 5) is 26.7. The van der Waals surface area contributed by atoms with E-state index in [2.05, 4.69) is 26.2 Å². The van der Waals surface area contributed by atoms with Gasteiger partial charge in [0.15, 0.2) is 0 Å². The molecule has 0 bridgehead atoms. The van der Waals surface area contributed by atoms with Gasteiger partial charge in [-0.3, -0.25) is 9.78 Å². The molecular weight excluding hydrogens is 348 g/mol. The third-order valence-electron chi connectivity index (χ3n) is 2.42. The number of aromatic nitrogens is 1. The first-order valence-electron chi connectivity index (χ1n) is 5.42. The molecule has 7 heteroatoms. The number of rotatable bonds is 3. The number of benzene rings is 1. The maximum absolute atomic E-state index is 12.0. The van der Waals surface area contributed by atoms with Crippen LogP contribution in [0.5, 0.6) is 0 Å². The second-order valence-corrected chi connectivity index (χ2v) is 5.17. The summed E-state index contributed by atoms with van der Waals surface area (Å²) < 4.78 is 0.685. The maximum Gasteiger partial charge on any atom is 0.337 e. The van der Waals surface area contributed by atoms with Gasteiger partial charge < -0.3 is 10.4 Å². The molecule has 0 atom stereocenters. The fourth-order valence-corrected chi connectivity index (χ4v) is 2.13. The number of halogens is 2. The maximum atomic E-state index is 12.0. The van der Waals surface area contributed by atoms with Gasteiger partial charge in [-0.05, 0) is 40.2 Å². The third kappa shape index (κ3) is 3.34. The number of carboxylic acids is 1. The monoisotopic (exact) mass is 354 g/mol. The molecule has 5 nitrogen and oxygen atoms in total. The SMILES string of the molecule is O=C(Nc1ccc(C(=O)O)c(Cl)c1)c1cncc(Br)c1. The van der Waals surface area contributed by atoms with Crippen molar-refractivity contribution < 1.29 is 14.7 Å². The number of anilines is 1. The molecule has 1 aromatic heterocycles. The Balaban J connectivity index is 2.20. The van der Waals surface area contributed by atoms with Crippen molar-refractivity contribution in [3.63, 3.8) is 0 Å². The lowest BCUT2D eigenvalue weighted by Gasteiger charge is -2.07. The van der Waals surface area contributed by atoms with Crippen LogP contribution in [-0.4, -0.2) is 22.0 Å². The first-order valence-corrected chi connectivity index (χ1v) is 6.59. The molecule has 20 heavy (non-hydrogen) atoms. The highest BCUT2D eigenvalue weighted by molar-refractivity contribution is 9.10. The van der Waals surface area contributed by atoms with Gasteiger partial charge in [0.25, 0.3) is 5.91 Å². The first kappa shape index (κ1) is 14.5. The summed E-state index contributed by atoms with van der Waals surface area (Å²) in [7, 11) is 0. The van der Waals surface area contributed by atoms with Crippen LogP contribution < -0.4 is 5.32 Å². The van der Waals surface area contributed by atoms with Gasteiger partial charge in [0.1, 0.15) is 0 Å². The zero-order valence-electron chi connectivity index (χ0n) is 9.93. The first-order chi connectivity index (χ1) is 9.47. The largest absolute Gasteiger partial charge is 0.478 e. The van der Waals surface area contributed by atoms with Gasteiger partial charge in [-0.1, -0.05) is 11.6 Å². The van der Waals surface area contributed by atoms with E-state index in [1.807, 2.05) is 0 Å². The summed E-state index contributed by atoms with van der Waals surface area (Å²) in [5, 5.41) is 11.5. The van der Waals surface area contributed by atoms with Gasteiger partial charge in [0.05, 0.1) is 16.1 Å². The predicted octanol–water partition coefficient (Wildman–Crippen LogP) is 3.45. The van der Waals surface area contributed by atoms with Gasteiger partial charge in [0.2, 0.25) is 0 Å². The van der Waals surface area contributed by atoms with Crippen LogP contribution in [0.25, 0.3) is 0 Å². The van der Waals surface area contributed by atoms with Gasteiger partial charge in [-0.25, -0.2) is 4.79 Å². The van der Waals surface area contributed by atoms with Gasteiger partial charge >= 0.3 is 5.97 Å². The molecule has 0 radical (unpaired) electrons. The van der Waals surface area contributed by atoms with Gasteiger partial charge in [-0.2, -0.15) is 0 Å². The molecule has 102 valence electrons. The standard InChI is InChI=1S/C13H8BrClN2O3/c14-8-3-7(5-16-6-8)12(18)17-9-1-2-10(13(19)20)11(15)4-9/h1-6H,(H,17,18)(H,19,20). The zero-order valence-corrected chi connectivity index (χ0v) is 12.3. The van der Waals surface area contributed by atoms with E-state index in [-0.39, 0.29) is 16.5 Å². The number of hydrogen-bond acceptors (Lipinski definition) is 3. The van der Waals surface area contributed by atoms with E-state index >= 15 is 0 Å². The molecule has 0 saturated carbocycles.